The third kappa shape index (κ3) is 2.73. The van der Waals surface area contributed by atoms with Crippen LogP contribution in [0.5, 0.6) is 0 Å². The normalized spacial score (nSPS) is 42.0. The molecule has 2 heteroatoms. The van der Waals surface area contributed by atoms with Crippen LogP contribution in [0.3, 0.4) is 0 Å². The van der Waals surface area contributed by atoms with Gasteiger partial charge < -0.3 is 5.32 Å². The molecule has 2 nitrogen and oxygen atoms in total. The standard InChI is InChI=1S/C13H26N2/c1-10-6-14-7-11(2)9-15(8-10)12-5-13(12,3)4/h10-12,14H,5-9H2,1-4H3. The highest BCUT2D eigenvalue weighted by Gasteiger charge is 2.49. The van der Waals surface area contributed by atoms with E-state index in [4.69, 9.17) is 0 Å². The molecule has 0 aromatic rings. The molecule has 2 fully saturated rings. The van der Waals surface area contributed by atoms with E-state index in [0.717, 1.165) is 17.9 Å². The molecular formula is C13H26N2. The zero-order valence-corrected chi connectivity index (χ0v) is 10.7. The van der Waals surface area contributed by atoms with E-state index in [1.165, 1.54) is 32.6 Å². The van der Waals surface area contributed by atoms with Crippen molar-refractivity contribution in [3.63, 3.8) is 0 Å². The average molecular weight is 210 g/mol. The average Bonchev–Trinajstić information content (AvgIpc) is 2.71. The van der Waals surface area contributed by atoms with Gasteiger partial charge in [0.25, 0.3) is 0 Å². The Balaban J connectivity index is 1.95. The number of nitrogens with one attached hydrogen (secondary N) is 1. The minimum absolute atomic E-state index is 0.589. The monoisotopic (exact) mass is 210 g/mol. The lowest BCUT2D eigenvalue weighted by atomic mass is 10.0. The summed E-state index contributed by atoms with van der Waals surface area (Å²) in [6.07, 6.45) is 1.40. The van der Waals surface area contributed by atoms with Crippen LogP contribution in [0.25, 0.3) is 0 Å². The van der Waals surface area contributed by atoms with Crippen molar-refractivity contribution in [1.29, 1.82) is 0 Å². The molecule has 15 heavy (non-hydrogen) atoms. The predicted octanol–water partition coefficient (Wildman–Crippen LogP) is 1.96. The summed E-state index contributed by atoms with van der Waals surface area (Å²) in [5.74, 6) is 1.60. The second kappa shape index (κ2) is 4.06. The Hall–Kier alpha value is -0.0800. The van der Waals surface area contributed by atoms with Crippen LogP contribution in [0.1, 0.15) is 34.1 Å². The molecule has 0 aromatic carbocycles. The lowest BCUT2D eigenvalue weighted by Crippen LogP contribution is -2.44. The Morgan fingerprint density at radius 2 is 1.53 bits per heavy atom. The Labute approximate surface area is 94.4 Å². The van der Waals surface area contributed by atoms with Gasteiger partial charge in [-0.3, -0.25) is 4.90 Å². The molecule has 2 rings (SSSR count). The summed E-state index contributed by atoms with van der Waals surface area (Å²) in [6, 6.07) is 0.862. The summed E-state index contributed by atoms with van der Waals surface area (Å²) in [5, 5.41) is 3.56. The summed E-state index contributed by atoms with van der Waals surface area (Å²) < 4.78 is 0. The molecule has 1 saturated heterocycles. The van der Waals surface area contributed by atoms with E-state index in [2.05, 4.69) is 37.9 Å². The Bertz CT molecular complexity index is 213. The van der Waals surface area contributed by atoms with E-state index in [-0.39, 0.29) is 0 Å². The van der Waals surface area contributed by atoms with Crippen LogP contribution in [0.15, 0.2) is 0 Å². The molecule has 0 radical (unpaired) electrons. The third-order valence-electron chi connectivity index (χ3n) is 3.98. The fourth-order valence-electron chi connectivity index (χ4n) is 2.90. The largest absolute Gasteiger partial charge is 0.316 e. The molecule has 0 aromatic heterocycles. The highest BCUT2D eigenvalue weighted by molar-refractivity contribution is 5.03. The number of hydrogen-bond acceptors (Lipinski definition) is 2. The molecule has 2 aliphatic rings. The fourth-order valence-corrected chi connectivity index (χ4v) is 2.90. The molecular weight excluding hydrogens is 184 g/mol. The van der Waals surface area contributed by atoms with Crippen molar-refractivity contribution >= 4 is 0 Å². The summed E-state index contributed by atoms with van der Waals surface area (Å²) in [6.45, 7) is 14.5. The molecule has 1 N–H and O–H groups in total. The third-order valence-corrected chi connectivity index (χ3v) is 3.98. The molecule has 1 aliphatic heterocycles. The van der Waals surface area contributed by atoms with Gasteiger partial charge in [0, 0.05) is 19.1 Å². The lowest BCUT2D eigenvalue weighted by molar-refractivity contribution is 0.161. The first-order chi connectivity index (χ1) is 6.99. The molecule has 1 heterocycles. The van der Waals surface area contributed by atoms with Crippen molar-refractivity contribution in [3.8, 4) is 0 Å². The Morgan fingerprint density at radius 3 is 1.93 bits per heavy atom. The van der Waals surface area contributed by atoms with Gasteiger partial charge in [0.15, 0.2) is 0 Å². The molecule has 3 unspecified atom stereocenters. The van der Waals surface area contributed by atoms with Crippen molar-refractivity contribution in [3.05, 3.63) is 0 Å². The van der Waals surface area contributed by atoms with Crippen LogP contribution in [-0.2, 0) is 0 Å². The molecule has 1 aliphatic carbocycles. The van der Waals surface area contributed by atoms with Gasteiger partial charge in [-0.1, -0.05) is 27.7 Å². The maximum Gasteiger partial charge on any atom is 0.0153 e. The van der Waals surface area contributed by atoms with Crippen molar-refractivity contribution < 1.29 is 0 Å². The van der Waals surface area contributed by atoms with Crippen LogP contribution in [-0.4, -0.2) is 37.1 Å². The molecule has 0 spiro atoms. The first kappa shape index (κ1) is 11.4. The maximum atomic E-state index is 3.56. The summed E-state index contributed by atoms with van der Waals surface area (Å²) in [4.78, 5) is 2.75. The smallest absolute Gasteiger partial charge is 0.0153 e. The van der Waals surface area contributed by atoms with Crippen molar-refractivity contribution in [2.75, 3.05) is 26.2 Å². The molecule has 88 valence electrons. The number of rotatable bonds is 1. The van der Waals surface area contributed by atoms with Gasteiger partial charge >= 0.3 is 0 Å². The van der Waals surface area contributed by atoms with Crippen LogP contribution in [0, 0.1) is 17.3 Å². The van der Waals surface area contributed by atoms with E-state index in [1.807, 2.05) is 0 Å². The van der Waals surface area contributed by atoms with Crippen LogP contribution < -0.4 is 5.32 Å². The minimum Gasteiger partial charge on any atom is -0.316 e. The summed E-state index contributed by atoms with van der Waals surface area (Å²) in [7, 11) is 0. The first-order valence-electron chi connectivity index (χ1n) is 6.44. The zero-order valence-electron chi connectivity index (χ0n) is 10.7. The molecule has 1 saturated carbocycles. The second-order valence-corrected chi connectivity index (χ2v) is 6.53. The van der Waals surface area contributed by atoms with Gasteiger partial charge in [-0.2, -0.15) is 0 Å². The SMILES string of the molecule is CC1CNCC(C)CN(C2CC2(C)C)C1. The van der Waals surface area contributed by atoms with Crippen molar-refractivity contribution in [2.45, 2.75) is 40.2 Å². The highest BCUT2D eigenvalue weighted by Crippen LogP contribution is 2.48. The summed E-state index contributed by atoms with van der Waals surface area (Å²) in [5.41, 5.74) is 0.589. The minimum atomic E-state index is 0.589. The van der Waals surface area contributed by atoms with Crippen LogP contribution in [0.2, 0.25) is 0 Å². The number of nitrogens with zero attached hydrogens (tertiary/aromatic N) is 1. The van der Waals surface area contributed by atoms with E-state index < -0.39 is 0 Å². The lowest BCUT2D eigenvalue weighted by Gasteiger charge is -2.33. The second-order valence-electron chi connectivity index (χ2n) is 6.53. The topological polar surface area (TPSA) is 15.3 Å². The van der Waals surface area contributed by atoms with Crippen molar-refractivity contribution in [2.24, 2.45) is 17.3 Å². The Kier molecular flexibility index (Phi) is 3.09. The van der Waals surface area contributed by atoms with Gasteiger partial charge in [-0.25, -0.2) is 0 Å². The van der Waals surface area contributed by atoms with E-state index in [0.29, 0.717) is 5.41 Å². The van der Waals surface area contributed by atoms with Crippen molar-refractivity contribution in [1.82, 2.24) is 10.2 Å². The van der Waals surface area contributed by atoms with E-state index >= 15 is 0 Å². The molecule has 0 amide bonds. The van der Waals surface area contributed by atoms with Gasteiger partial charge in [0.2, 0.25) is 0 Å². The Morgan fingerprint density at radius 1 is 1.07 bits per heavy atom. The fraction of sp³-hybridized carbons (Fsp3) is 1.00. The quantitative estimate of drug-likeness (QED) is 0.712. The maximum absolute atomic E-state index is 3.56. The summed E-state index contributed by atoms with van der Waals surface area (Å²) >= 11 is 0. The predicted molar refractivity (Wildman–Crippen MR) is 65.0 cm³/mol. The van der Waals surface area contributed by atoms with Crippen LogP contribution in [0.4, 0.5) is 0 Å². The molecule has 3 atom stereocenters. The van der Waals surface area contributed by atoms with Gasteiger partial charge in [0.1, 0.15) is 0 Å². The first-order valence-corrected chi connectivity index (χ1v) is 6.44. The zero-order chi connectivity index (χ0) is 11.1. The number of hydrogen-bond donors (Lipinski definition) is 1. The molecule has 0 bridgehead atoms. The highest BCUT2D eigenvalue weighted by atomic mass is 15.2. The van der Waals surface area contributed by atoms with E-state index in [1.54, 1.807) is 0 Å². The van der Waals surface area contributed by atoms with E-state index in [9.17, 15) is 0 Å². The van der Waals surface area contributed by atoms with Gasteiger partial charge in [-0.15, -0.1) is 0 Å². The van der Waals surface area contributed by atoms with Crippen LogP contribution >= 0.6 is 0 Å². The van der Waals surface area contributed by atoms with Gasteiger partial charge in [0.05, 0.1) is 0 Å². The van der Waals surface area contributed by atoms with Gasteiger partial charge in [-0.05, 0) is 36.8 Å².